The van der Waals surface area contributed by atoms with Crippen LogP contribution in [-0.2, 0) is 0 Å². The number of rotatable bonds is 3. The zero-order valence-corrected chi connectivity index (χ0v) is 15.6. The highest BCUT2D eigenvalue weighted by Gasteiger charge is 2.40. The molecule has 0 fully saturated rings. The Kier molecular flexibility index (Phi) is 4.20. The monoisotopic (exact) mass is 354 g/mol. The van der Waals surface area contributed by atoms with Gasteiger partial charge >= 0.3 is 0 Å². The van der Waals surface area contributed by atoms with E-state index in [1.165, 1.54) is 11.1 Å². The molecule has 4 heteroatoms. The summed E-state index contributed by atoms with van der Waals surface area (Å²) >= 11 is 6.25. The standard InChI is InChI=1S/C21H23ClN2O/c1-13(2)10-21-24-19(17-11-16(22)8-9-20(17)25-21)12-18(23-24)15-6-4-14(3)5-7-15/h4-9,11,13,19,21H,10,12H2,1-3H3. The average molecular weight is 355 g/mol. The van der Waals surface area contributed by atoms with Crippen molar-refractivity contribution in [2.75, 3.05) is 0 Å². The maximum absolute atomic E-state index is 6.28. The molecule has 0 saturated carbocycles. The molecule has 2 unspecified atom stereocenters. The Labute approximate surface area is 154 Å². The molecule has 2 aliphatic rings. The molecule has 0 aromatic heterocycles. The molecule has 2 aromatic rings. The van der Waals surface area contributed by atoms with Crippen molar-refractivity contribution in [3.8, 4) is 5.75 Å². The van der Waals surface area contributed by atoms with Crippen LogP contribution in [0.1, 0.15) is 49.4 Å². The fourth-order valence-electron chi connectivity index (χ4n) is 3.61. The van der Waals surface area contributed by atoms with Gasteiger partial charge < -0.3 is 4.74 Å². The molecule has 25 heavy (non-hydrogen) atoms. The molecule has 0 spiro atoms. The number of halogens is 1. The van der Waals surface area contributed by atoms with Crippen LogP contribution in [0.2, 0.25) is 5.02 Å². The second kappa shape index (κ2) is 6.38. The first-order valence-electron chi connectivity index (χ1n) is 8.90. The molecule has 0 radical (unpaired) electrons. The Balaban J connectivity index is 1.72. The van der Waals surface area contributed by atoms with Crippen molar-refractivity contribution in [2.45, 2.75) is 45.9 Å². The molecule has 2 atom stereocenters. The molecule has 0 N–H and O–H groups in total. The van der Waals surface area contributed by atoms with Crippen LogP contribution in [-0.4, -0.2) is 16.9 Å². The third-order valence-electron chi connectivity index (χ3n) is 4.89. The van der Waals surface area contributed by atoms with E-state index in [0.717, 1.165) is 34.9 Å². The minimum atomic E-state index is -0.0263. The van der Waals surface area contributed by atoms with Gasteiger partial charge in [0.1, 0.15) is 5.75 Å². The Morgan fingerprint density at radius 3 is 2.68 bits per heavy atom. The minimum Gasteiger partial charge on any atom is -0.469 e. The summed E-state index contributed by atoms with van der Waals surface area (Å²) in [5.74, 6) is 1.48. The van der Waals surface area contributed by atoms with Crippen LogP contribution in [0.3, 0.4) is 0 Å². The Morgan fingerprint density at radius 1 is 1.20 bits per heavy atom. The second-order valence-corrected chi connectivity index (χ2v) is 7.83. The molecule has 0 aliphatic carbocycles. The lowest BCUT2D eigenvalue weighted by molar-refractivity contribution is -0.0291. The highest BCUT2D eigenvalue weighted by atomic mass is 35.5. The fraction of sp³-hybridized carbons (Fsp3) is 0.381. The lowest BCUT2D eigenvalue weighted by atomic mass is 9.95. The normalized spacial score (nSPS) is 21.6. The van der Waals surface area contributed by atoms with Gasteiger partial charge in [-0.25, -0.2) is 0 Å². The first kappa shape index (κ1) is 16.5. The van der Waals surface area contributed by atoms with Gasteiger partial charge in [-0.1, -0.05) is 55.3 Å². The number of hydrogen-bond acceptors (Lipinski definition) is 3. The number of hydrazone groups is 1. The summed E-state index contributed by atoms with van der Waals surface area (Å²) in [5.41, 5.74) is 4.71. The van der Waals surface area contributed by atoms with E-state index in [0.29, 0.717) is 5.92 Å². The quantitative estimate of drug-likeness (QED) is 0.720. The van der Waals surface area contributed by atoms with Crippen molar-refractivity contribution in [3.63, 3.8) is 0 Å². The summed E-state index contributed by atoms with van der Waals surface area (Å²) in [6.45, 7) is 6.54. The summed E-state index contributed by atoms with van der Waals surface area (Å²) in [6, 6.07) is 14.7. The molecule has 2 aliphatic heterocycles. The molecule has 130 valence electrons. The van der Waals surface area contributed by atoms with E-state index in [4.69, 9.17) is 21.4 Å². The van der Waals surface area contributed by atoms with Gasteiger partial charge in [-0.2, -0.15) is 5.10 Å². The smallest absolute Gasteiger partial charge is 0.188 e. The van der Waals surface area contributed by atoms with Crippen LogP contribution in [0, 0.1) is 12.8 Å². The van der Waals surface area contributed by atoms with Crippen molar-refractivity contribution >= 4 is 17.3 Å². The molecule has 0 bridgehead atoms. The Morgan fingerprint density at radius 2 is 1.96 bits per heavy atom. The molecule has 2 heterocycles. The first-order chi connectivity index (χ1) is 12.0. The highest BCUT2D eigenvalue weighted by Crippen LogP contribution is 2.44. The zero-order chi connectivity index (χ0) is 17.6. The van der Waals surface area contributed by atoms with Crippen molar-refractivity contribution in [1.82, 2.24) is 5.01 Å². The van der Waals surface area contributed by atoms with Crippen molar-refractivity contribution in [3.05, 3.63) is 64.2 Å². The summed E-state index contributed by atoms with van der Waals surface area (Å²) in [7, 11) is 0. The van der Waals surface area contributed by atoms with Crippen LogP contribution in [0.25, 0.3) is 0 Å². The third-order valence-corrected chi connectivity index (χ3v) is 5.12. The van der Waals surface area contributed by atoms with Gasteiger partial charge in [0.25, 0.3) is 0 Å². The minimum absolute atomic E-state index is 0.0263. The van der Waals surface area contributed by atoms with Crippen LogP contribution < -0.4 is 4.74 Å². The predicted molar refractivity (Wildman–Crippen MR) is 102 cm³/mol. The van der Waals surface area contributed by atoms with Gasteiger partial charge in [-0.05, 0) is 36.6 Å². The molecular weight excluding hydrogens is 332 g/mol. The van der Waals surface area contributed by atoms with E-state index in [1.54, 1.807) is 0 Å². The number of nitrogens with zero attached hydrogens (tertiary/aromatic N) is 2. The van der Waals surface area contributed by atoms with Gasteiger partial charge in [0.05, 0.1) is 11.8 Å². The maximum atomic E-state index is 6.28. The van der Waals surface area contributed by atoms with Crippen molar-refractivity contribution in [1.29, 1.82) is 0 Å². The largest absolute Gasteiger partial charge is 0.469 e. The lowest BCUT2D eigenvalue weighted by Crippen LogP contribution is -2.41. The van der Waals surface area contributed by atoms with Gasteiger partial charge in [-0.3, -0.25) is 5.01 Å². The van der Waals surface area contributed by atoms with Gasteiger partial charge in [-0.15, -0.1) is 0 Å². The predicted octanol–water partition coefficient (Wildman–Crippen LogP) is 5.56. The van der Waals surface area contributed by atoms with Crippen molar-refractivity contribution < 1.29 is 4.74 Å². The SMILES string of the molecule is Cc1ccc(C2=NN3C(CC(C)C)Oc4ccc(Cl)cc4C3C2)cc1. The summed E-state index contributed by atoms with van der Waals surface area (Å²) in [5, 5.41) is 7.85. The van der Waals surface area contributed by atoms with Crippen molar-refractivity contribution in [2.24, 2.45) is 11.0 Å². The summed E-state index contributed by atoms with van der Waals surface area (Å²) in [4.78, 5) is 0. The van der Waals surface area contributed by atoms with E-state index in [-0.39, 0.29) is 12.3 Å². The van der Waals surface area contributed by atoms with E-state index in [2.05, 4.69) is 50.0 Å². The van der Waals surface area contributed by atoms with Gasteiger partial charge in [0.15, 0.2) is 6.23 Å². The number of benzene rings is 2. The number of hydrogen-bond donors (Lipinski definition) is 0. The molecule has 4 rings (SSSR count). The van der Waals surface area contributed by atoms with E-state index in [1.807, 2.05) is 18.2 Å². The van der Waals surface area contributed by atoms with Gasteiger partial charge in [0.2, 0.25) is 0 Å². The van der Waals surface area contributed by atoms with E-state index < -0.39 is 0 Å². The Hall–Kier alpha value is -2.00. The van der Waals surface area contributed by atoms with Gasteiger partial charge in [0, 0.05) is 23.4 Å². The van der Waals surface area contributed by atoms with Crippen LogP contribution >= 0.6 is 11.6 Å². The number of ether oxygens (including phenoxy) is 1. The molecule has 0 amide bonds. The van der Waals surface area contributed by atoms with E-state index in [9.17, 15) is 0 Å². The molecule has 2 aromatic carbocycles. The first-order valence-corrected chi connectivity index (χ1v) is 9.28. The maximum Gasteiger partial charge on any atom is 0.188 e. The summed E-state index contributed by atoms with van der Waals surface area (Å²) in [6.07, 6.45) is 1.80. The molecule has 0 saturated heterocycles. The van der Waals surface area contributed by atoms with Crippen LogP contribution in [0.4, 0.5) is 0 Å². The summed E-state index contributed by atoms with van der Waals surface area (Å²) < 4.78 is 6.28. The Bertz CT molecular complexity index is 813. The third kappa shape index (κ3) is 3.13. The number of aryl methyl sites for hydroxylation is 1. The fourth-order valence-corrected chi connectivity index (χ4v) is 3.79. The topological polar surface area (TPSA) is 24.8 Å². The number of fused-ring (bicyclic) bond motifs is 3. The van der Waals surface area contributed by atoms with Crippen LogP contribution in [0.15, 0.2) is 47.6 Å². The lowest BCUT2D eigenvalue weighted by Gasteiger charge is -2.38. The zero-order valence-electron chi connectivity index (χ0n) is 14.9. The average Bonchev–Trinajstić information content (AvgIpc) is 3.01. The van der Waals surface area contributed by atoms with E-state index >= 15 is 0 Å². The second-order valence-electron chi connectivity index (χ2n) is 7.40. The van der Waals surface area contributed by atoms with Crippen LogP contribution in [0.5, 0.6) is 5.75 Å². The highest BCUT2D eigenvalue weighted by molar-refractivity contribution is 6.30. The molecule has 3 nitrogen and oxygen atoms in total. The molecular formula is C21H23ClN2O.